The number of rotatable bonds is 4. The lowest BCUT2D eigenvalue weighted by molar-refractivity contribution is -0.122. The lowest BCUT2D eigenvalue weighted by atomic mass is 10.3. The third-order valence-corrected chi connectivity index (χ3v) is 1.57. The van der Waals surface area contributed by atoms with Gasteiger partial charge in [-0.2, -0.15) is 18.6 Å². The van der Waals surface area contributed by atoms with E-state index in [1.165, 1.54) is 6.20 Å². The molecule has 0 saturated carbocycles. The molecule has 1 heterocycles. The molecule has 20 heavy (non-hydrogen) atoms. The van der Waals surface area contributed by atoms with Gasteiger partial charge in [-0.05, 0) is 26.0 Å². The summed E-state index contributed by atoms with van der Waals surface area (Å²) in [6, 6.07) is 3.32. The highest BCUT2D eigenvalue weighted by molar-refractivity contribution is 7.83. The van der Waals surface area contributed by atoms with Crippen LogP contribution >= 0.6 is 0 Å². The lowest BCUT2D eigenvalue weighted by Crippen LogP contribution is -2.32. The SMILES string of the molecule is C=C(C)C(=O)N(OCC)c1cccnn1.NS(=O)(=O)O. The molecule has 0 aliphatic carbocycles. The van der Waals surface area contributed by atoms with Crippen LogP contribution in [-0.2, 0) is 19.9 Å². The Bertz CT molecular complexity index is 538. The van der Waals surface area contributed by atoms with Crippen LogP contribution in [0.3, 0.4) is 0 Å². The van der Waals surface area contributed by atoms with Crippen LogP contribution in [0.1, 0.15) is 13.8 Å². The van der Waals surface area contributed by atoms with Crippen molar-refractivity contribution in [2.75, 3.05) is 11.7 Å². The van der Waals surface area contributed by atoms with Gasteiger partial charge in [-0.1, -0.05) is 6.58 Å². The van der Waals surface area contributed by atoms with Gasteiger partial charge >= 0.3 is 10.3 Å². The highest BCUT2D eigenvalue weighted by atomic mass is 32.2. The fourth-order valence-electron chi connectivity index (χ4n) is 0.933. The highest BCUT2D eigenvalue weighted by Gasteiger charge is 2.18. The number of nitrogens with zero attached hydrogens (tertiary/aromatic N) is 3. The predicted molar refractivity (Wildman–Crippen MR) is 71.7 cm³/mol. The molecule has 3 N–H and O–H groups in total. The fraction of sp³-hybridized carbons (Fsp3) is 0.300. The first kappa shape index (κ1) is 18.1. The summed E-state index contributed by atoms with van der Waals surface area (Å²) in [7, 11) is -4.17. The molecule has 9 nitrogen and oxygen atoms in total. The van der Waals surface area contributed by atoms with E-state index in [1.807, 2.05) is 0 Å². The first-order chi connectivity index (χ1) is 9.16. The number of amides is 1. The zero-order chi connectivity index (χ0) is 15.8. The van der Waals surface area contributed by atoms with E-state index in [2.05, 4.69) is 21.9 Å². The van der Waals surface area contributed by atoms with Crippen molar-refractivity contribution >= 4 is 22.0 Å². The van der Waals surface area contributed by atoms with Gasteiger partial charge in [0.1, 0.15) is 0 Å². The first-order valence-corrected chi connectivity index (χ1v) is 6.83. The molecule has 0 aliphatic heterocycles. The van der Waals surface area contributed by atoms with Crippen molar-refractivity contribution in [2.45, 2.75) is 13.8 Å². The minimum atomic E-state index is -4.17. The zero-order valence-corrected chi connectivity index (χ0v) is 11.9. The first-order valence-electron chi connectivity index (χ1n) is 5.32. The van der Waals surface area contributed by atoms with Crippen molar-refractivity contribution in [3.05, 3.63) is 30.5 Å². The largest absolute Gasteiger partial charge is 0.330 e. The Morgan fingerprint density at radius 3 is 2.50 bits per heavy atom. The molecule has 0 unspecified atom stereocenters. The van der Waals surface area contributed by atoms with E-state index < -0.39 is 10.3 Å². The van der Waals surface area contributed by atoms with Crippen molar-refractivity contribution in [2.24, 2.45) is 5.14 Å². The van der Waals surface area contributed by atoms with Gasteiger partial charge < -0.3 is 0 Å². The summed E-state index contributed by atoms with van der Waals surface area (Å²) in [5.41, 5.74) is 0.383. The predicted octanol–water partition coefficient (Wildman–Crippen LogP) is 0.0851. The second kappa shape index (κ2) is 8.32. The molecular formula is C10H16N4O5S. The smallest absolute Gasteiger partial charge is 0.274 e. The molecule has 0 aromatic carbocycles. The van der Waals surface area contributed by atoms with Crippen molar-refractivity contribution in [3.8, 4) is 0 Å². The monoisotopic (exact) mass is 304 g/mol. The summed E-state index contributed by atoms with van der Waals surface area (Å²) in [6.45, 7) is 7.34. The molecule has 0 aliphatic rings. The molecule has 0 saturated heterocycles. The minimum absolute atomic E-state index is 0.322. The van der Waals surface area contributed by atoms with E-state index in [4.69, 9.17) is 17.8 Å². The molecule has 0 spiro atoms. The normalized spacial score (nSPS) is 10.2. The second-order valence-corrected chi connectivity index (χ2v) is 4.42. The molecule has 0 fully saturated rings. The van der Waals surface area contributed by atoms with Gasteiger partial charge in [-0.15, -0.1) is 5.10 Å². The topological polar surface area (TPSA) is 136 Å². The summed E-state index contributed by atoms with van der Waals surface area (Å²) in [4.78, 5) is 16.8. The van der Waals surface area contributed by atoms with E-state index in [9.17, 15) is 4.79 Å². The van der Waals surface area contributed by atoms with Crippen LogP contribution in [0.2, 0.25) is 0 Å². The Kier molecular flexibility index (Phi) is 7.54. The van der Waals surface area contributed by atoms with Crippen LogP contribution in [0.4, 0.5) is 5.82 Å². The summed E-state index contributed by atoms with van der Waals surface area (Å²) in [5.74, 6) is 0.0321. The molecule has 1 amide bonds. The van der Waals surface area contributed by atoms with E-state index in [1.54, 1.807) is 26.0 Å². The maximum atomic E-state index is 11.7. The average Bonchev–Trinajstić information content (AvgIpc) is 2.34. The Labute approximate surface area is 116 Å². The number of hydroxylamine groups is 1. The molecule has 1 aromatic heterocycles. The van der Waals surface area contributed by atoms with Crippen LogP contribution in [-0.4, -0.2) is 35.7 Å². The van der Waals surface area contributed by atoms with E-state index in [0.717, 1.165) is 5.06 Å². The van der Waals surface area contributed by atoms with Crippen LogP contribution in [0.25, 0.3) is 0 Å². The Morgan fingerprint density at radius 1 is 1.60 bits per heavy atom. The molecule has 1 aromatic rings. The highest BCUT2D eigenvalue weighted by Crippen LogP contribution is 2.11. The maximum absolute atomic E-state index is 11.7. The quantitative estimate of drug-likeness (QED) is 0.457. The van der Waals surface area contributed by atoms with Gasteiger partial charge in [0.2, 0.25) is 0 Å². The molecule has 0 atom stereocenters. The number of carbonyl (C=O) groups excluding carboxylic acids is 1. The fourth-order valence-corrected chi connectivity index (χ4v) is 0.933. The molecule has 0 bridgehead atoms. The van der Waals surface area contributed by atoms with Crippen molar-refractivity contribution in [3.63, 3.8) is 0 Å². The Balaban J connectivity index is 0.000000621. The van der Waals surface area contributed by atoms with Gasteiger partial charge in [0.15, 0.2) is 5.82 Å². The van der Waals surface area contributed by atoms with Crippen molar-refractivity contribution < 1.29 is 22.6 Å². The van der Waals surface area contributed by atoms with Gasteiger partial charge in [0, 0.05) is 11.8 Å². The number of hydrogen-bond acceptors (Lipinski definition) is 6. The number of aromatic nitrogens is 2. The van der Waals surface area contributed by atoms with Crippen LogP contribution in [0, 0.1) is 0 Å². The van der Waals surface area contributed by atoms with Crippen molar-refractivity contribution in [1.29, 1.82) is 0 Å². The maximum Gasteiger partial charge on any atom is 0.330 e. The lowest BCUT2D eigenvalue weighted by Gasteiger charge is -2.19. The van der Waals surface area contributed by atoms with Gasteiger partial charge in [0.25, 0.3) is 5.91 Å². The van der Waals surface area contributed by atoms with Crippen LogP contribution in [0.15, 0.2) is 30.5 Å². The van der Waals surface area contributed by atoms with E-state index >= 15 is 0 Å². The Hall–Kier alpha value is -1.88. The number of anilines is 1. The molecule has 0 radical (unpaired) electrons. The van der Waals surface area contributed by atoms with Crippen LogP contribution < -0.4 is 10.2 Å². The van der Waals surface area contributed by atoms with Crippen LogP contribution in [0.5, 0.6) is 0 Å². The summed E-state index contributed by atoms with van der Waals surface area (Å²) >= 11 is 0. The molecule has 112 valence electrons. The summed E-state index contributed by atoms with van der Waals surface area (Å²) in [5, 5.41) is 12.4. The van der Waals surface area contributed by atoms with Gasteiger partial charge in [0.05, 0.1) is 6.61 Å². The summed E-state index contributed by atoms with van der Waals surface area (Å²) < 4.78 is 25.2. The Morgan fingerprint density at radius 2 is 2.15 bits per heavy atom. The average molecular weight is 304 g/mol. The third kappa shape index (κ3) is 8.26. The number of nitrogens with two attached hydrogens (primary N) is 1. The van der Waals surface area contributed by atoms with E-state index in [-0.39, 0.29) is 5.91 Å². The molecule has 1 rings (SSSR count). The minimum Gasteiger partial charge on any atom is -0.274 e. The number of carbonyl (C=O) groups is 1. The molecule has 10 heteroatoms. The second-order valence-electron chi connectivity index (χ2n) is 3.39. The van der Waals surface area contributed by atoms with Crippen molar-refractivity contribution in [1.82, 2.24) is 10.2 Å². The standard InChI is InChI=1S/C10H13N3O2.H3NO3S/c1-4-15-13(10(14)8(2)3)9-6-5-7-11-12-9;1-5(2,3)4/h5-7H,2,4H2,1,3H3;(H3,1,2,3,4). The molecular weight excluding hydrogens is 288 g/mol. The van der Waals surface area contributed by atoms with Gasteiger partial charge in [-0.3, -0.25) is 14.2 Å². The third-order valence-electron chi connectivity index (χ3n) is 1.57. The van der Waals surface area contributed by atoms with E-state index in [0.29, 0.717) is 18.0 Å². The van der Waals surface area contributed by atoms with Gasteiger partial charge in [-0.25, -0.2) is 5.14 Å². The number of hydrogen-bond donors (Lipinski definition) is 2. The summed E-state index contributed by atoms with van der Waals surface area (Å²) in [6.07, 6.45) is 1.53. The zero-order valence-electron chi connectivity index (χ0n) is 11.1.